The van der Waals surface area contributed by atoms with E-state index < -0.39 is 0 Å². The third-order valence-corrected chi connectivity index (χ3v) is 4.97. The van der Waals surface area contributed by atoms with Crippen molar-refractivity contribution in [1.29, 1.82) is 0 Å². The van der Waals surface area contributed by atoms with Crippen LogP contribution < -0.4 is 10.2 Å². The smallest absolute Gasteiger partial charge is 0.231 e. The van der Waals surface area contributed by atoms with E-state index in [0.29, 0.717) is 17.6 Å². The molecular formula is C15H20N6OS. The molecule has 0 radical (unpaired) electrons. The maximum Gasteiger partial charge on any atom is 0.231 e. The second kappa shape index (κ2) is 6.99. The fourth-order valence-corrected chi connectivity index (χ4v) is 3.33. The first kappa shape index (κ1) is 15.8. The van der Waals surface area contributed by atoms with Gasteiger partial charge in [-0.15, -0.1) is 10.2 Å². The van der Waals surface area contributed by atoms with Gasteiger partial charge >= 0.3 is 0 Å². The van der Waals surface area contributed by atoms with Gasteiger partial charge in [0.1, 0.15) is 10.8 Å². The van der Waals surface area contributed by atoms with Crippen LogP contribution in [0.4, 0.5) is 10.9 Å². The van der Waals surface area contributed by atoms with Crippen molar-refractivity contribution >= 4 is 28.2 Å². The number of rotatable bonds is 4. The molecule has 2 aromatic rings. The Hall–Kier alpha value is -2.09. The summed E-state index contributed by atoms with van der Waals surface area (Å²) in [6, 6.07) is 0. The molecule has 0 spiro atoms. The van der Waals surface area contributed by atoms with Crippen LogP contribution in [0.25, 0.3) is 0 Å². The molecule has 0 saturated carbocycles. The number of hydrogen-bond acceptors (Lipinski definition) is 7. The normalized spacial score (nSPS) is 18.2. The quantitative estimate of drug-likeness (QED) is 0.925. The zero-order valence-corrected chi connectivity index (χ0v) is 14.1. The van der Waals surface area contributed by atoms with Crippen LogP contribution in [0.5, 0.6) is 0 Å². The molecule has 1 fully saturated rings. The average Bonchev–Trinajstić information content (AvgIpc) is 3.04. The number of aromatic nitrogens is 4. The minimum atomic E-state index is -0.0721. The van der Waals surface area contributed by atoms with E-state index in [4.69, 9.17) is 0 Å². The van der Waals surface area contributed by atoms with Gasteiger partial charge in [0.25, 0.3) is 0 Å². The van der Waals surface area contributed by atoms with Gasteiger partial charge in [0.15, 0.2) is 0 Å². The Labute approximate surface area is 139 Å². The van der Waals surface area contributed by atoms with Crippen LogP contribution in [-0.4, -0.2) is 39.2 Å². The Morgan fingerprint density at radius 3 is 2.96 bits per heavy atom. The summed E-state index contributed by atoms with van der Waals surface area (Å²) in [5.74, 6) is 1.07. The predicted octanol–water partition coefficient (Wildman–Crippen LogP) is 2.31. The van der Waals surface area contributed by atoms with Crippen LogP contribution >= 0.6 is 11.3 Å². The van der Waals surface area contributed by atoms with Gasteiger partial charge < -0.3 is 10.2 Å². The fourth-order valence-electron chi connectivity index (χ4n) is 2.58. The van der Waals surface area contributed by atoms with E-state index in [-0.39, 0.29) is 11.8 Å². The maximum atomic E-state index is 12.5. The van der Waals surface area contributed by atoms with Crippen LogP contribution in [-0.2, 0) is 4.79 Å². The lowest BCUT2D eigenvalue weighted by molar-refractivity contribution is -0.120. The van der Waals surface area contributed by atoms with Crippen molar-refractivity contribution in [2.45, 2.75) is 32.6 Å². The molecule has 0 unspecified atom stereocenters. The first-order valence-electron chi connectivity index (χ1n) is 7.78. The summed E-state index contributed by atoms with van der Waals surface area (Å²) in [6.07, 6.45) is 6.90. The third-order valence-electron chi connectivity index (χ3n) is 3.83. The molecule has 1 aliphatic heterocycles. The van der Waals surface area contributed by atoms with Crippen molar-refractivity contribution in [2.24, 2.45) is 5.92 Å². The van der Waals surface area contributed by atoms with Crippen LogP contribution in [0.15, 0.2) is 18.6 Å². The summed E-state index contributed by atoms with van der Waals surface area (Å²) in [7, 11) is 0. The van der Waals surface area contributed by atoms with E-state index in [1.807, 2.05) is 0 Å². The highest BCUT2D eigenvalue weighted by atomic mass is 32.1. The van der Waals surface area contributed by atoms with Gasteiger partial charge in [-0.3, -0.25) is 9.78 Å². The highest BCUT2D eigenvalue weighted by Gasteiger charge is 2.27. The van der Waals surface area contributed by atoms with Crippen LogP contribution in [0.3, 0.4) is 0 Å². The summed E-state index contributed by atoms with van der Waals surface area (Å²) < 4.78 is 0. The van der Waals surface area contributed by atoms with E-state index in [2.05, 4.69) is 44.2 Å². The number of anilines is 2. The largest absolute Gasteiger partial charge is 0.355 e. The molecule has 0 aliphatic carbocycles. The molecule has 0 bridgehead atoms. The molecule has 3 heterocycles. The zero-order chi connectivity index (χ0) is 16.2. The number of nitrogens with one attached hydrogen (secondary N) is 1. The lowest BCUT2D eigenvalue weighted by Gasteiger charge is -2.32. The van der Waals surface area contributed by atoms with Gasteiger partial charge in [0.2, 0.25) is 11.0 Å². The number of amides is 1. The lowest BCUT2D eigenvalue weighted by Crippen LogP contribution is -2.41. The van der Waals surface area contributed by atoms with Crippen molar-refractivity contribution in [2.75, 3.05) is 23.3 Å². The number of piperidine rings is 1. The Balaban J connectivity index is 1.62. The highest BCUT2D eigenvalue weighted by Crippen LogP contribution is 2.25. The van der Waals surface area contributed by atoms with Crippen molar-refractivity contribution in [3.8, 4) is 0 Å². The summed E-state index contributed by atoms with van der Waals surface area (Å²) in [5.41, 5.74) is 0. The highest BCUT2D eigenvalue weighted by molar-refractivity contribution is 7.15. The topological polar surface area (TPSA) is 83.9 Å². The SMILES string of the molecule is CC(C)c1nnc(NC(=O)[C@@H]2CCCN(c3cnccn3)C2)s1. The summed E-state index contributed by atoms with van der Waals surface area (Å²) in [4.78, 5) is 23.0. The molecule has 2 aromatic heterocycles. The Morgan fingerprint density at radius 2 is 2.26 bits per heavy atom. The number of hydrogen-bond donors (Lipinski definition) is 1. The van der Waals surface area contributed by atoms with Crippen LogP contribution in [0, 0.1) is 5.92 Å². The maximum absolute atomic E-state index is 12.5. The third kappa shape index (κ3) is 3.82. The number of nitrogens with zero attached hydrogens (tertiary/aromatic N) is 5. The molecule has 122 valence electrons. The second-order valence-corrected chi connectivity index (χ2v) is 6.95. The van der Waals surface area contributed by atoms with Crippen molar-refractivity contribution in [3.05, 3.63) is 23.6 Å². The molecule has 1 amide bonds. The van der Waals surface area contributed by atoms with E-state index in [1.165, 1.54) is 11.3 Å². The van der Waals surface area contributed by atoms with Gasteiger partial charge in [-0.25, -0.2) is 4.98 Å². The Bertz CT molecular complexity index is 659. The summed E-state index contributed by atoms with van der Waals surface area (Å²) >= 11 is 1.44. The molecule has 1 aliphatic rings. The Kier molecular flexibility index (Phi) is 4.80. The molecular weight excluding hydrogens is 312 g/mol. The summed E-state index contributed by atoms with van der Waals surface area (Å²) in [6.45, 7) is 5.68. The lowest BCUT2D eigenvalue weighted by atomic mass is 9.97. The summed E-state index contributed by atoms with van der Waals surface area (Å²) in [5, 5.41) is 12.6. The molecule has 1 saturated heterocycles. The van der Waals surface area contributed by atoms with Crippen molar-refractivity contribution in [1.82, 2.24) is 20.2 Å². The molecule has 8 heteroatoms. The van der Waals surface area contributed by atoms with Crippen LogP contribution in [0.2, 0.25) is 0 Å². The minimum absolute atomic E-state index is 0.00467. The van der Waals surface area contributed by atoms with Gasteiger partial charge in [0.05, 0.1) is 12.1 Å². The molecule has 0 aromatic carbocycles. The van der Waals surface area contributed by atoms with Gasteiger partial charge in [-0.1, -0.05) is 25.2 Å². The average molecular weight is 332 g/mol. The first-order valence-corrected chi connectivity index (χ1v) is 8.60. The van der Waals surface area contributed by atoms with E-state index >= 15 is 0 Å². The van der Waals surface area contributed by atoms with Crippen LogP contribution in [0.1, 0.15) is 37.6 Å². The van der Waals surface area contributed by atoms with Gasteiger partial charge in [0, 0.05) is 31.4 Å². The number of carbonyl (C=O) groups is 1. The molecule has 23 heavy (non-hydrogen) atoms. The van der Waals surface area contributed by atoms with E-state index in [9.17, 15) is 4.79 Å². The minimum Gasteiger partial charge on any atom is -0.355 e. The van der Waals surface area contributed by atoms with Crippen molar-refractivity contribution in [3.63, 3.8) is 0 Å². The van der Waals surface area contributed by atoms with Gasteiger partial charge in [-0.2, -0.15) is 0 Å². The fraction of sp³-hybridized carbons (Fsp3) is 0.533. The standard InChI is InChI=1S/C15H20N6OS/c1-10(2)14-19-20-15(23-14)18-13(22)11-4-3-7-21(9-11)12-8-16-5-6-17-12/h5-6,8,10-11H,3-4,7,9H2,1-2H3,(H,18,20,22)/t11-/m1/s1. The monoisotopic (exact) mass is 332 g/mol. The molecule has 7 nitrogen and oxygen atoms in total. The predicted molar refractivity (Wildman–Crippen MR) is 89.6 cm³/mol. The molecule has 3 rings (SSSR count). The van der Waals surface area contributed by atoms with E-state index in [0.717, 1.165) is 30.2 Å². The van der Waals surface area contributed by atoms with Gasteiger partial charge in [-0.05, 0) is 12.8 Å². The molecule has 1 atom stereocenters. The van der Waals surface area contributed by atoms with E-state index in [1.54, 1.807) is 18.6 Å². The molecule has 1 N–H and O–H groups in total. The first-order chi connectivity index (χ1) is 11.1. The zero-order valence-electron chi connectivity index (χ0n) is 13.3. The second-order valence-electron chi connectivity index (χ2n) is 5.94. The Morgan fingerprint density at radius 1 is 1.39 bits per heavy atom. The van der Waals surface area contributed by atoms with Crippen molar-refractivity contribution < 1.29 is 4.79 Å². The number of carbonyl (C=O) groups excluding carboxylic acids is 1.